The number of carbonyl (C=O) groups excluding carboxylic acids is 2. The first-order valence-electron chi connectivity index (χ1n) is 10.2. The van der Waals surface area contributed by atoms with Gasteiger partial charge in [0.25, 0.3) is 0 Å². The minimum atomic E-state index is -1.67. The summed E-state index contributed by atoms with van der Waals surface area (Å²) >= 11 is 0. The van der Waals surface area contributed by atoms with Crippen molar-refractivity contribution in [3.05, 3.63) is 59.7 Å². The van der Waals surface area contributed by atoms with Gasteiger partial charge in [-0.05, 0) is 28.7 Å². The van der Waals surface area contributed by atoms with Crippen LogP contribution >= 0.6 is 0 Å². The lowest BCUT2D eigenvalue weighted by Gasteiger charge is -2.18. The summed E-state index contributed by atoms with van der Waals surface area (Å²) in [6, 6.07) is 16.1. The lowest BCUT2D eigenvalue weighted by atomic mass is 9.98. The number of nitrogens with one attached hydrogen (secondary N) is 2. The summed E-state index contributed by atoms with van der Waals surface area (Å²) in [5.41, 5.74) is 4.50. The maximum atomic E-state index is 12.2. The van der Waals surface area contributed by atoms with Crippen LogP contribution in [-0.2, 0) is 14.3 Å². The van der Waals surface area contributed by atoms with Crippen molar-refractivity contribution in [3.63, 3.8) is 0 Å². The van der Waals surface area contributed by atoms with E-state index in [1.165, 1.54) is 0 Å². The molecule has 0 bridgehead atoms. The van der Waals surface area contributed by atoms with E-state index in [1.54, 1.807) is 6.92 Å². The average Bonchev–Trinajstić information content (AvgIpc) is 3.10. The van der Waals surface area contributed by atoms with Gasteiger partial charge >= 0.3 is 12.1 Å². The number of aliphatic carboxylic acids is 1. The lowest BCUT2D eigenvalue weighted by molar-refractivity contribution is -0.146. The summed E-state index contributed by atoms with van der Waals surface area (Å²) in [7, 11) is 0. The van der Waals surface area contributed by atoms with Gasteiger partial charge in [-0.2, -0.15) is 0 Å². The first-order chi connectivity index (χ1) is 14.9. The van der Waals surface area contributed by atoms with Crippen LogP contribution in [0, 0.1) is 5.92 Å². The molecule has 0 heterocycles. The SMILES string of the molecule is CCC(CNC(=O)OCC1c2ccccc2-c2ccccc21)C(=O)NCC(O)C(=O)O. The van der Waals surface area contributed by atoms with Crippen LogP contribution in [0.5, 0.6) is 0 Å². The molecule has 0 aromatic heterocycles. The number of aliphatic hydroxyl groups excluding tert-OH is 1. The number of benzene rings is 2. The van der Waals surface area contributed by atoms with Crippen LogP contribution in [0.3, 0.4) is 0 Å². The number of hydrogen-bond donors (Lipinski definition) is 4. The van der Waals surface area contributed by atoms with Gasteiger partial charge in [0, 0.05) is 12.5 Å². The number of carbonyl (C=O) groups is 3. The molecular formula is C23H26N2O6. The summed E-state index contributed by atoms with van der Waals surface area (Å²) in [6.45, 7) is 1.60. The quantitative estimate of drug-likeness (QED) is 0.487. The van der Waals surface area contributed by atoms with Crippen LogP contribution in [0.2, 0.25) is 0 Å². The highest BCUT2D eigenvalue weighted by molar-refractivity contribution is 5.81. The minimum Gasteiger partial charge on any atom is -0.479 e. The maximum absolute atomic E-state index is 12.2. The average molecular weight is 426 g/mol. The van der Waals surface area contributed by atoms with E-state index in [0.29, 0.717) is 6.42 Å². The maximum Gasteiger partial charge on any atom is 0.407 e. The van der Waals surface area contributed by atoms with Gasteiger partial charge in [-0.15, -0.1) is 0 Å². The van der Waals surface area contributed by atoms with E-state index in [9.17, 15) is 19.5 Å². The molecule has 8 nitrogen and oxygen atoms in total. The number of rotatable bonds is 9. The lowest BCUT2D eigenvalue weighted by Crippen LogP contribution is -2.43. The van der Waals surface area contributed by atoms with Gasteiger partial charge in [0.15, 0.2) is 6.10 Å². The second kappa shape index (κ2) is 10.1. The van der Waals surface area contributed by atoms with Gasteiger partial charge in [-0.1, -0.05) is 55.5 Å². The summed E-state index contributed by atoms with van der Waals surface area (Å²) in [5, 5.41) is 22.9. The summed E-state index contributed by atoms with van der Waals surface area (Å²) in [5.74, 6) is -2.48. The second-order valence-electron chi connectivity index (χ2n) is 7.41. The van der Waals surface area contributed by atoms with Crippen molar-refractivity contribution < 1.29 is 29.3 Å². The van der Waals surface area contributed by atoms with Crippen molar-refractivity contribution in [2.45, 2.75) is 25.4 Å². The zero-order valence-electron chi connectivity index (χ0n) is 17.2. The molecule has 1 aliphatic rings. The van der Waals surface area contributed by atoms with Crippen LogP contribution in [0.4, 0.5) is 4.79 Å². The predicted octanol–water partition coefficient (Wildman–Crippen LogP) is 2.11. The molecule has 31 heavy (non-hydrogen) atoms. The number of carboxylic acid groups (broad SMARTS) is 1. The predicted molar refractivity (Wildman–Crippen MR) is 114 cm³/mol. The molecule has 0 spiro atoms. The number of ether oxygens (including phenoxy) is 1. The number of amides is 2. The third kappa shape index (κ3) is 5.21. The Labute approximate surface area is 180 Å². The van der Waals surface area contributed by atoms with E-state index in [4.69, 9.17) is 9.84 Å². The Morgan fingerprint density at radius 1 is 0.968 bits per heavy atom. The van der Waals surface area contributed by atoms with Crippen molar-refractivity contribution in [1.82, 2.24) is 10.6 Å². The molecule has 0 saturated heterocycles. The fourth-order valence-electron chi connectivity index (χ4n) is 3.71. The molecule has 4 N–H and O–H groups in total. The molecule has 2 atom stereocenters. The Bertz CT molecular complexity index is 915. The van der Waals surface area contributed by atoms with Gasteiger partial charge in [0.1, 0.15) is 6.61 Å². The smallest absolute Gasteiger partial charge is 0.407 e. The Kier molecular flexibility index (Phi) is 7.25. The highest BCUT2D eigenvalue weighted by atomic mass is 16.5. The molecule has 1 aliphatic carbocycles. The molecule has 2 aromatic carbocycles. The largest absolute Gasteiger partial charge is 0.479 e. The van der Waals surface area contributed by atoms with E-state index in [2.05, 4.69) is 22.8 Å². The number of fused-ring (bicyclic) bond motifs is 3. The van der Waals surface area contributed by atoms with Crippen molar-refractivity contribution >= 4 is 18.0 Å². The Hall–Kier alpha value is -3.39. The second-order valence-corrected chi connectivity index (χ2v) is 7.41. The normalized spacial score (nSPS) is 14.1. The number of hydrogen-bond acceptors (Lipinski definition) is 5. The molecule has 0 saturated carbocycles. The summed E-state index contributed by atoms with van der Waals surface area (Å²) in [6.07, 6.45) is -1.87. The van der Waals surface area contributed by atoms with Crippen molar-refractivity contribution in [1.29, 1.82) is 0 Å². The standard InChI is InChI=1S/C23H26N2O6/c1-2-14(21(27)24-12-20(26)22(28)29)11-25-23(30)31-13-19-17-9-5-3-7-15(17)16-8-4-6-10-18(16)19/h3-10,14,19-20,26H,2,11-13H2,1H3,(H,24,27)(H,25,30)(H,28,29). The number of aliphatic hydroxyl groups is 1. The molecule has 8 heteroatoms. The van der Waals surface area contributed by atoms with Crippen LogP contribution in [0.25, 0.3) is 11.1 Å². The molecule has 0 radical (unpaired) electrons. The zero-order chi connectivity index (χ0) is 22.4. The number of alkyl carbamates (subject to hydrolysis) is 1. The molecule has 3 rings (SSSR count). The topological polar surface area (TPSA) is 125 Å². The highest BCUT2D eigenvalue weighted by Crippen LogP contribution is 2.44. The van der Waals surface area contributed by atoms with Crippen LogP contribution in [0.1, 0.15) is 30.4 Å². The Morgan fingerprint density at radius 2 is 1.55 bits per heavy atom. The zero-order valence-corrected chi connectivity index (χ0v) is 17.2. The van der Waals surface area contributed by atoms with Crippen LogP contribution < -0.4 is 10.6 Å². The first-order valence-corrected chi connectivity index (χ1v) is 10.2. The molecule has 0 aliphatic heterocycles. The summed E-state index contributed by atoms with van der Waals surface area (Å²) in [4.78, 5) is 35.0. The molecule has 2 aromatic rings. The summed E-state index contributed by atoms with van der Waals surface area (Å²) < 4.78 is 5.44. The van der Waals surface area contributed by atoms with Crippen LogP contribution in [-0.4, -0.2) is 54.0 Å². The number of carboxylic acids is 1. The minimum absolute atomic E-state index is 0.0438. The fraction of sp³-hybridized carbons (Fsp3) is 0.348. The molecular weight excluding hydrogens is 400 g/mol. The fourth-order valence-corrected chi connectivity index (χ4v) is 3.71. The van der Waals surface area contributed by atoms with Gasteiger partial charge in [0.2, 0.25) is 5.91 Å². The van der Waals surface area contributed by atoms with E-state index < -0.39 is 36.5 Å². The van der Waals surface area contributed by atoms with Crippen molar-refractivity contribution in [2.24, 2.45) is 5.92 Å². The molecule has 0 fully saturated rings. The van der Waals surface area contributed by atoms with Crippen molar-refractivity contribution in [3.8, 4) is 11.1 Å². The monoisotopic (exact) mass is 426 g/mol. The van der Waals surface area contributed by atoms with E-state index in [0.717, 1.165) is 22.3 Å². The Balaban J connectivity index is 1.52. The van der Waals surface area contributed by atoms with Gasteiger partial charge in [0.05, 0.1) is 12.5 Å². The van der Waals surface area contributed by atoms with E-state index in [1.807, 2.05) is 36.4 Å². The first kappa shape index (κ1) is 22.3. The van der Waals surface area contributed by atoms with Gasteiger partial charge < -0.3 is 25.6 Å². The third-order valence-corrected chi connectivity index (χ3v) is 5.45. The highest BCUT2D eigenvalue weighted by Gasteiger charge is 2.29. The molecule has 164 valence electrons. The van der Waals surface area contributed by atoms with E-state index >= 15 is 0 Å². The molecule has 2 unspecified atom stereocenters. The van der Waals surface area contributed by atoms with Crippen molar-refractivity contribution in [2.75, 3.05) is 19.7 Å². The van der Waals surface area contributed by atoms with E-state index in [-0.39, 0.29) is 19.1 Å². The third-order valence-electron chi connectivity index (χ3n) is 5.45. The Morgan fingerprint density at radius 3 is 2.10 bits per heavy atom. The van der Waals surface area contributed by atoms with Crippen LogP contribution in [0.15, 0.2) is 48.5 Å². The van der Waals surface area contributed by atoms with Gasteiger partial charge in [-0.25, -0.2) is 9.59 Å². The van der Waals surface area contributed by atoms with Gasteiger partial charge in [-0.3, -0.25) is 4.79 Å². The molecule has 2 amide bonds.